The van der Waals surface area contributed by atoms with Gasteiger partial charge in [-0.25, -0.2) is 8.42 Å². The molecule has 0 saturated carbocycles. The van der Waals surface area contributed by atoms with Crippen molar-refractivity contribution in [3.05, 3.63) is 94.0 Å². The smallest absolute Gasteiger partial charge is 0.264 e. The van der Waals surface area contributed by atoms with E-state index >= 15 is 0 Å². The molecule has 0 aliphatic heterocycles. The number of carbonyl (C=O) groups is 2. The molecule has 41 heavy (non-hydrogen) atoms. The van der Waals surface area contributed by atoms with Gasteiger partial charge in [-0.1, -0.05) is 61.3 Å². The van der Waals surface area contributed by atoms with Gasteiger partial charge in [-0.15, -0.1) is 0 Å². The molecule has 0 aromatic heterocycles. The number of sulfonamides is 1. The molecule has 0 unspecified atom stereocenters. The highest BCUT2D eigenvalue weighted by molar-refractivity contribution is 7.92. The van der Waals surface area contributed by atoms with Gasteiger partial charge in [0.25, 0.3) is 10.0 Å². The van der Waals surface area contributed by atoms with Gasteiger partial charge in [-0.2, -0.15) is 0 Å². The molecule has 0 aliphatic carbocycles. The summed E-state index contributed by atoms with van der Waals surface area (Å²) in [6, 6.07) is 18.2. The Hall–Kier alpha value is -3.36. The molecule has 2 amide bonds. The normalized spacial score (nSPS) is 12.9. The molecule has 220 valence electrons. The Bertz CT molecular complexity index is 1440. The summed E-state index contributed by atoms with van der Waals surface area (Å²) < 4.78 is 29.2. The molecule has 3 aromatic carbocycles. The molecule has 1 N–H and O–H groups in total. The second-order valence-electron chi connectivity index (χ2n) is 10.6. The number of nitrogens with one attached hydrogen (secondary N) is 1. The van der Waals surface area contributed by atoms with Crippen LogP contribution in [0.1, 0.15) is 55.9 Å². The molecule has 0 radical (unpaired) electrons. The molecule has 0 fully saturated rings. The fraction of sp³-hybridized carbons (Fsp3) is 0.375. The van der Waals surface area contributed by atoms with Crippen molar-refractivity contribution < 1.29 is 18.0 Å². The lowest BCUT2D eigenvalue weighted by Crippen LogP contribution is -2.53. The summed E-state index contributed by atoms with van der Waals surface area (Å²) in [6.07, 6.45) is 1.10. The quantitative estimate of drug-likeness (QED) is 0.270. The van der Waals surface area contributed by atoms with Crippen molar-refractivity contribution in [3.63, 3.8) is 0 Å². The number of hydrogen-bond donors (Lipinski definition) is 1. The average molecular weight is 598 g/mol. The standard InChI is InChI=1S/C32H40ClN3O4S/c1-7-25(6)34-32(38)30(8-2)35(20-26-11-13-27(33)14-12-26)31(37)21-36(28-18-23(4)17-24(5)19-28)41(39,40)29-15-9-22(3)10-16-29/h9-19,25,30H,7-8,20-21H2,1-6H3,(H,34,38)/t25-,30-/m1/s1. The minimum Gasteiger partial charge on any atom is -0.352 e. The number of halogens is 1. The maximum absolute atomic E-state index is 14.2. The Morgan fingerprint density at radius 3 is 1.98 bits per heavy atom. The molecule has 0 aliphatic rings. The second-order valence-corrected chi connectivity index (χ2v) is 12.9. The molecule has 0 spiro atoms. The van der Waals surface area contributed by atoms with Gasteiger partial charge in [-0.05, 0) is 93.6 Å². The lowest BCUT2D eigenvalue weighted by Gasteiger charge is -2.34. The number of rotatable bonds is 12. The van der Waals surface area contributed by atoms with Crippen LogP contribution in [-0.2, 0) is 26.2 Å². The summed E-state index contributed by atoms with van der Waals surface area (Å²) in [7, 11) is -4.12. The van der Waals surface area contributed by atoms with Crippen LogP contribution < -0.4 is 9.62 Å². The van der Waals surface area contributed by atoms with Gasteiger partial charge in [0.15, 0.2) is 0 Å². The fourth-order valence-corrected chi connectivity index (χ4v) is 6.13. The molecule has 0 heterocycles. The first kappa shape index (κ1) is 32.2. The Kier molecular flexibility index (Phi) is 11.0. The third-order valence-corrected chi connectivity index (χ3v) is 9.08. The van der Waals surface area contributed by atoms with E-state index in [1.165, 1.54) is 4.90 Å². The highest BCUT2D eigenvalue weighted by Crippen LogP contribution is 2.27. The van der Waals surface area contributed by atoms with Crippen molar-refractivity contribution >= 4 is 39.1 Å². The topological polar surface area (TPSA) is 86.8 Å². The monoisotopic (exact) mass is 597 g/mol. The summed E-state index contributed by atoms with van der Waals surface area (Å²) >= 11 is 6.09. The highest BCUT2D eigenvalue weighted by atomic mass is 35.5. The van der Waals surface area contributed by atoms with Crippen LogP contribution in [0, 0.1) is 20.8 Å². The van der Waals surface area contributed by atoms with Gasteiger partial charge in [0.05, 0.1) is 10.6 Å². The molecule has 2 atom stereocenters. The van der Waals surface area contributed by atoms with Gasteiger partial charge in [0.1, 0.15) is 12.6 Å². The van der Waals surface area contributed by atoms with E-state index in [9.17, 15) is 18.0 Å². The van der Waals surface area contributed by atoms with Crippen LogP contribution in [0.4, 0.5) is 5.69 Å². The summed E-state index contributed by atoms with van der Waals surface area (Å²) in [5.41, 5.74) is 3.82. The van der Waals surface area contributed by atoms with E-state index in [2.05, 4.69) is 5.32 Å². The number of aryl methyl sites for hydroxylation is 3. The van der Waals surface area contributed by atoms with Crippen LogP contribution in [0.3, 0.4) is 0 Å². The van der Waals surface area contributed by atoms with Gasteiger partial charge in [-0.3, -0.25) is 13.9 Å². The van der Waals surface area contributed by atoms with Crippen LogP contribution in [-0.4, -0.2) is 43.8 Å². The van der Waals surface area contributed by atoms with E-state index < -0.39 is 28.5 Å². The lowest BCUT2D eigenvalue weighted by molar-refractivity contribution is -0.140. The van der Waals surface area contributed by atoms with Crippen LogP contribution >= 0.6 is 11.6 Å². The first-order valence-corrected chi connectivity index (χ1v) is 15.7. The predicted octanol–water partition coefficient (Wildman–Crippen LogP) is 6.18. The zero-order valence-corrected chi connectivity index (χ0v) is 26.2. The van der Waals surface area contributed by atoms with Gasteiger partial charge in [0, 0.05) is 17.6 Å². The van der Waals surface area contributed by atoms with E-state index in [0.717, 1.165) is 33.0 Å². The summed E-state index contributed by atoms with van der Waals surface area (Å²) in [6.45, 7) is 11.0. The van der Waals surface area contributed by atoms with Crippen LogP contribution in [0.15, 0.2) is 71.6 Å². The molecule has 9 heteroatoms. The zero-order valence-electron chi connectivity index (χ0n) is 24.6. The van der Waals surface area contributed by atoms with Crippen molar-refractivity contribution in [1.82, 2.24) is 10.2 Å². The maximum Gasteiger partial charge on any atom is 0.264 e. The minimum atomic E-state index is -4.12. The number of benzene rings is 3. The largest absolute Gasteiger partial charge is 0.352 e. The number of anilines is 1. The molecule has 3 rings (SSSR count). The van der Waals surface area contributed by atoms with Gasteiger partial charge < -0.3 is 10.2 Å². The van der Waals surface area contributed by atoms with Crippen LogP contribution in [0.5, 0.6) is 0 Å². The Morgan fingerprint density at radius 2 is 1.44 bits per heavy atom. The zero-order chi connectivity index (χ0) is 30.3. The highest BCUT2D eigenvalue weighted by Gasteiger charge is 2.34. The SMILES string of the molecule is CC[C@@H](C)NC(=O)[C@@H](CC)N(Cc1ccc(Cl)cc1)C(=O)CN(c1cc(C)cc(C)c1)S(=O)(=O)c1ccc(C)cc1. The third-order valence-electron chi connectivity index (χ3n) is 7.04. The molecular weight excluding hydrogens is 558 g/mol. The average Bonchev–Trinajstić information content (AvgIpc) is 2.92. The number of amides is 2. The Balaban J connectivity index is 2.09. The van der Waals surface area contributed by atoms with Gasteiger partial charge >= 0.3 is 0 Å². The first-order chi connectivity index (χ1) is 19.3. The van der Waals surface area contributed by atoms with E-state index in [-0.39, 0.29) is 23.4 Å². The van der Waals surface area contributed by atoms with Crippen molar-refractivity contribution in [1.29, 1.82) is 0 Å². The van der Waals surface area contributed by atoms with Crippen molar-refractivity contribution in [2.75, 3.05) is 10.8 Å². The second kappa shape index (κ2) is 14.0. The number of carbonyl (C=O) groups excluding carboxylic acids is 2. The Labute approximate surface area is 249 Å². The van der Waals surface area contributed by atoms with Crippen LogP contribution in [0.2, 0.25) is 5.02 Å². The van der Waals surface area contributed by atoms with Crippen molar-refractivity contribution in [2.45, 2.75) is 77.9 Å². The molecule has 3 aromatic rings. The van der Waals surface area contributed by atoms with E-state index in [4.69, 9.17) is 11.6 Å². The van der Waals surface area contributed by atoms with E-state index in [1.54, 1.807) is 60.7 Å². The van der Waals surface area contributed by atoms with Crippen molar-refractivity contribution in [3.8, 4) is 0 Å². The minimum absolute atomic E-state index is 0.0716. The predicted molar refractivity (Wildman–Crippen MR) is 166 cm³/mol. The summed E-state index contributed by atoms with van der Waals surface area (Å²) in [4.78, 5) is 29.1. The summed E-state index contributed by atoms with van der Waals surface area (Å²) in [5.74, 6) is -0.760. The van der Waals surface area contributed by atoms with Crippen molar-refractivity contribution in [2.24, 2.45) is 0 Å². The fourth-order valence-electron chi connectivity index (χ4n) is 4.61. The molecule has 0 bridgehead atoms. The Morgan fingerprint density at radius 1 is 0.854 bits per heavy atom. The van der Waals surface area contributed by atoms with E-state index in [0.29, 0.717) is 17.1 Å². The molecule has 0 saturated heterocycles. The number of nitrogens with zero attached hydrogens (tertiary/aromatic N) is 2. The van der Waals surface area contributed by atoms with E-state index in [1.807, 2.05) is 47.6 Å². The lowest BCUT2D eigenvalue weighted by atomic mass is 10.1. The maximum atomic E-state index is 14.2. The van der Waals surface area contributed by atoms with Crippen LogP contribution in [0.25, 0.3) is 0 Å². The number of hydrogen-bond acceptors (Lipinski definition) is 4. The molecular formula is C32H40ClN3O4S. The first-order valence-electron chi connectivity index (χ1n) is 13.9. The van der Waals surface area contributed by atoms with Gasteiger partial charge in [0.2, 0.25) is 11.8 Å². The summed E-state index contributed by atoms with van der Waals surface area (Å²) in [5, 5.41) is 3.54. The molecule has 7 nitrogen and oxygen atoms in total. The third kappa shape index (κ3) is 8.33.